The fourth-order valence-corrected chi connectivity index (χ4v) is 1.85. The van der Waals surface area contributed by atoms with E-state index in [0.29, 0.717) is 12.8 Å². The van der Waals surface area contributed by atoms with Gasteiger partial charge in [-0.25, -0.2) is 0 Å². The van der Waals surface area contributed by atoms with Crippen molar-refractivity contribution in [3.05, 3.63) is 0 Å². The van der Waals surface area contributed by atoms with Gasteiger partial charge in [-0.1, -0.05) is 0 Å². The van der Waals surface area contributed by atoms with Gasteiger partial charge in [-0.15, -0.1) is 0 Å². The first-order valence-corrected chi connectivity index (χ1v) is 5.77. The standard InChI is InChI=1S/C11H20N2O3/c1-13-7-5-9(6-8-13)12-10(14)3-2-4-11(15)16/h9H,2-8H2,1H3,(H,12,14)(H,15,16). The van der Waals surface area contributed by atoms with E-state index >= 15 is 0 Å². The van der Waals surface area contributed by atoms with Gasteiger partial charge >= 0.3 is 5.97 Å². The van der Waals surface area contributed by atoms with Crippen LogP contribution in [-0.2, 0) is 9.59 Å². The summed E-state index contributed by atoms with van der Waals surface area (Å²) in [6, 6.07) is 0.272. The van der Waals surface area contributed by atoms with E-state index < -0.39 is 5.97 Å². The lowest BCUT2D eigenvalue weighted by atomic mass is 10.1. The Hall–Kier alpha value is -1.10. The molecular formula is C11H20N2O3. The lowest BCUT2D eigenvalue weighted by molar-refractivity contribution is -0.137. The topological polar surface area (TPSA) is 69.6 Å². The van der Waals surface area contributed by atoms with Crippen LogP contribution in [0.4, 0.5) is 0 Å². The maximum absolute atomic E-state index is 11.5. The first kappa shape index (κ1) is 13.0. The maximum atomic E-state index is 11.5. The number of carbonyl (C=O) groups excluding carboxylic acids is 1. The molecule has 2 N–H and O–H groups in total. The minimum absolute atomic E-state index is 0.0178. The van der Waals surface area contributed by atoms with Crippen LogP contribution in [0.5, 0.6) is 0 Å². The van der Waals surface area contributed by atoms with Gasteiger partial charge in [-0.05, 0) is 39.4 Å². The van der Waals surface area contributed by atoms with Crippen molar-refractivity contribution in [1.82, 2.24) is 10.2 Å². The molecule has 1 rings (SSSR count). The monoisotopic (exact) mass is 228 g/mol. The molecule has 0 unspecified atom stereocenters. The Kier molecular flexibility index (Phi) is 5.25. The number of aliphatic carboxylic acids is 1. The molecule has 0 aromatic carbocycles. The summed E-state index contributed by atoms with van der Waals surface area (Å²) < 4.78 is 0. The van der Waals surface area contributed by atoms with Crippen LogP contribution in [0.1, 0.15) is 32.1 Å². The number of rotatable bonds is 5. The van der Waals surface area contributed by atoms with E-state index in [4.69, 9.17) is 5.11 Å². The molecule has 1 amide bonds. The molecule has 5 nitrogen and oxygen atoms in total. The van der Waals surface area contributed by atoms with Gasteiger partial charge in [0.1, 0.15) is 0 Å². The Morgan fingerprint density at radius 2 is 1.94 bits per heavy atom. The first-order valence-electron chi connectivity index (χ1n) is 5.77. The van der Waals surface area contributed by atoms with Gasteiger partial charge < -0.3 is 15.3 Å². The number of hydrogen-bond donors (Lipinski definition) is 2. The van der Waals surface area contributed by atoms with Gasteiger partial charge in [0.2, 0.25) is 5.91 Å². The highest BCUT2D eigenvalue weighted by Gasteiger charge is 2.18. The molecule has 0 spiro atoms. The molecule has 1 aliphatic rings. The van der Waals surface area contributed by atoms with E-state index in [-0.39, 0.29) is 18.4 Å². The smallest absolute Gasteiger partial charge is 0.303 e. The highest BCUT2D eigenvalue weighted by Crippen LogP contribution is 2.08. The maximum Gasteiger partial charge on any atom is 0.303 e. The van der Waals surface area contributed by atoms with Crippen molar-refractivity contribution in [2.45, 2.75) is 38.1 Å². The number of amides is 1. The summed E-state index contributed by atoms with van der Waals surface area (Å²) >= 11 is 0. The molecule has 1 heterocycles. The predicted molar refractivity (Wildman–Crippen MR) is 60.1 cm³/mol. The van der Waals surface area contributed by atoms with Gasteiger partial charge in [0.25, 0.3) is 0 Å². The molecule has 0 atom stereocenters. The van der Waals surface area contributed by atoms with Gasteiger partial charge in [0.05, 0.1) is 0 Å². The van der Waals surface area contributed by atoms with E-state index in [2.05, 4.69) is 17.3 Å². The Labute approximate surface area is 95.8 Å². The normalized spacial score (nSPS) is 18.3. The second kappa shape index (κ2) is 6.48. The van der Waals surface area contributed by atoms with E-state index in [1.807, 2.05) is 0 Å². The van der Waals surface area contributed by atoms with Crippen molar-refractivity contribution >= 4 is 11.9 Å². The van der Waals surface area contributed by atoms with Gasteiger partial charge in [0.15, 0.2) is 0 Å². The lowest BCUT2D eigenvalue weighted by Crippen LogP contribution is -2.43. The molecule has 0 saturated carbocycles. The minimum atomic E-state index is -0.841. The van der Waals surface area contributed by atoms with Crippen molar-refractivity contribution in [2.75, 3.05) is 20.1 Å². The third-order valence-corrected chi connectivity index (χ3v) is 2.88. The minimum Gasteiger partial charge on any atom is -0.481 e. The summed E-state index contributed by atoms with van der Waals surface area (Å²) in [5.74, 6) is -0.858. The van der Waals surface area contributed by atoms with Crippen LogP contribution in [0.3, 0.4) is 0 Å². The van der Waals surface area contributed by atoms with Crippen LogP contribution in [0.25, 0.3) is 0 Å². The first-order chi connectivity index (χ1) is 7.58. The Morgan fingerprint density at radius 1 is 1.31 bits per heavy atom. The second-order valence-corrected chi connectivity index (χ2v) is 4.39. The van der Waals surface area contributed by atoms with Crippen LogP contribution in [0.2, 0.25) is 0 Å². The number of nitrogens with one attached hydrogen (secondary N) is 1. The Bertz CT molecular complexity index is 248. The third kappa shape index (κ3) is 5.11. The van der Waals surface area contributed by atoms with Crippen LogP contribution in [0, 0.1) is 0 Å². The average molecular weight is 228 g/mol. The Balaban J connectivity index is 2.11. The summed E-state index contributed by atoms with van der Waals surface area (Å²) in [6.45, 7) is 2.03. The summed E-state index contributed by atoms with van der Waals surface area (Å²) in [7, 11) is 2.07. The van der Waals surface area contributed by atoms with Crippen molar-refractivity contribution in [1.29, 1.82) is 0 Å². The van der Waals surface area contributed by atoms with Crippen LogP contribution in [0.15, 0.2) is 0 Å². The largest absolute Gasteiger partial charge is 0.481 e. The SMILES string of the molecule is CN1CCC(NC(=O)CCCC(=O)O)CC1. The van der Waals surface area contributed by atoms with E-state index in [1.54, 1.807) is 0 Å². The molecule has 0 aliphatic carbocycles. The average Bonchev–Trinajstić information content (AvgIpc) is 2.21. The van der Waals surface area contributed by atoms with E-state index in [1.165, 1.54) is 0 Å². The summed E-state index contributed by atoms with van der Waals surface area (Å²) in [6.07, 6.45) is 2.79. The predicted octanol–water partition coefficient (Wildman–Crippen LogP) is 0.452. The number of carboxylic acid groups (broad SMARTS) is 1. The zero-order valence-electron chi connectivity index (χ0n) is 9.74. The number of likely N-dealkylation sites (tertiary alicyclic amines) is 1. The molecule has 0 aromatic heterocycles. The fourth-order valence-electron chi connectivity index (χ4n) is 1.85. The number of nitrogens with zero attached hydrogens (tertiary/aromatic N) is 1. The van der Waals surface area contributed by atoms with Crippen LogP contribution < -0.4 is 5.32 Å². The molecule has 1 saturated heterocycles. The molecule has 0 radical (unpaired) electrons. The van der Waals surface area contributed by atoms with Crippen LogP contribution in [-0.4, -0.2) is 48.1 Å². The quantitative estimate of drug-likeness (QED) is 0.717. The summed E-state index contributed by atoms with van der Waals surface area (Å²) in [4.78, 5) is 24.0. The highest BCUT2D eigenvalue weighted by atomic mass is 16.4. The molecular weight excluding hydrogens is 208 g/mol. The van der Waals surface area contributed by atoms with Crippen LogP contribution >= 0.6 is 0 Å². The molecule has 0 bridgehead atoms. The van der Waals surface area contributed by atoms with E-state index in [0.717, 1.165) is 25.9 Å². The summed E-state index contributed by atoms with van der Waals surface area (Å²) in [5, 5.41) is 11.4. The van der Waals surface area contributed by atoms with Gasteiger partial charge in [-0.3, -0.25) is 9.59 Å². The summed E-state index contributed by atoms with van der Waals surface area (Å²) in [5.41, 5.74) is 0. The molecule has 1 aliphatic heterocycles. The molecule has 16 heavy (non-hydrogen) atoms. The third-order valence-electron chi connectivity index (χ3n) is 2.88. The van der Waals surface area contributed by atoms with Crippen molar-refractivity contribution in [3.8, 4) is 0 Å². The second-order valence-electron chi connectivity index (χ2n) is 4.39. The number of carboxylic acids is 1. The molecule has 92 valence electrons. The zero-order chi connectivity index (χ0) is 12.0. The Morgan fingerprint density at radius 3 is 2.50 bits per heavy atom. The van der Waals surface area contributed by atoms with Gasteiger partial charge in [-0.2, -0.15) is 0 Å². The van der Waals surface area contributed by atoms with Crippen molar-refractivity contribution < 1.29 is 14.7 Å². The number of carbonyl (C=O) groups is 2. The molecule has 1 fully saturated rings. The number of hydrogen-bond acceptors (Lipinski definition) is 3. The highest BCUT2D eigenvalue weighted by molar-refractivity contribution is 5.77. The lowest BCUT2D eigenvalue weighted by Gasteiger charge is -2.29. The zero-order valence-corrected chi connectivity index (χ0v) is 9.74. The number of piperidine rings is 1. The fraction of sp³-hybridized carbons (Fsp3) is 0.818. The van der Waals surface area contributed by atoms with E-state index in [9.17, 15) is 9.59 Å². The van der Waals surface area contributed by atoms with Crippen molar-refractivity contribution in [2.24, 2.45) is 0 Å². The van der Waals surface area contributed by atoms with Gasteiger partial charge in [0, 0.05) is 18.9 Å². The van der Waals surface area contributed by atoms with Crippen molar-refractivity contribution in [3.63, 3.8) is 0 Å². The molecule has 0 aromatic rings. The molecule has 5 heteroatoms.